The summed E-state index contributed by atoms with van der Waals surface area (Å²) in [7, 11) is 0. The number of imidazole rings is 2. The van der Waals surface area contributed by atoms with Crippen molar-refractivity contribution in [2.75, 3.05) is 0 Å². The Morgan fingerprint density at radius 2 is 0.904 bits per heavy atom. The third-order valence-electron chi connectivity index (χ3n) is 9.59. The van der Waals surface area contributed by atoms with Crippen LogP contribution in [0.3, 0.4) is 0 Å². The van der Waals surface area contributed by atoms with Gasteiger partial charge in [-0.05, 0) is 83.9 Å². The van der Waals surface area contributed by atoms with E-state index in [1.54, 1.807) is 106 Å². The maximum absolute atomic E-state index is 14.3. The number of ether oxygens (including phenoxy) is 2. The molecule has 0 radical (unpaired) electrons. The van der Waals surface area contributed by atoms with Gasteiger partial charge in [0.1, 0.15) is 22.8 Å². The van der Waals surface area contributed by atoms with Gasteiger partial charge in [0.25, 0.3) is 11.1 Å². The highest BCUT2D eigenvalue weighted by molar-refractivity contribution is 6.27. The predicted molar refractivity (Wildman–Crippen MR) is 198 cm³/mol. The Labute approximate surface area is 292 Å². The van der Waals surface area contributed by atoms with E-state index in [4.69, 9.17) is 19.4 Å². The molecular formula is C42H24N4O6. The van der Waals surface area contributed by atoms with Crippen LogP contribution in [0.1, 0.15) is 11.1 Å². The van der Waals surface area contributed by atoms with Crippen LogP contribution in [0.2, 0.25) is 0 Å². The number of aromatic nitrogens is 4. The fourth-order valence-electron chi connectivity index (χ4n) is 7.35. The first-order chi connectivity index (χ1) is 25.4. The van der Waals surface area contributed by atoms with Crippen LogP contribution in [0.15, 0.2) is 131 Å². The van der Waals surface area contributed by atoms with E-state index in [1.165, 1.54) is 0 Å². The van der Waals surface area contributed by atoms with Crippen LogP contribution in [0.5, 0.6) is 11.5 Å². The van der Waals surface area contributed by atoms with Crippen LogP contribution in [0.4, 0.5) is 0 Å². The summed E-state index contributed by atoms with van der Waals surface area (Å²) in [5, 5.41) is 3.60. The topological polar surface area (TPSA) is 121 Å². The second-order valence-corrected chi connectivity index (χ2v) is 12.8. The van der Waals surface area contributed by atoms with Gasteiger partial charge in [0.15, 0.2) is 0 Å². The number of hydrogen-bond acceptors (Lipinski definition) is 8. The average Bonchev–Trinajstić information content (AvgIpc) is 3.73. The van der Waals surface area contributed by atoms with Gasteiger partial charge < -0.3 is 9.47 Å². The number of para-hydroxylation sites is 2. The molecule has 6 aromatic carbocycles. The van der Waals surface area contributed by atoms with Crippen molar-refractivity contribution in [1.29, 1.82) is 0 Å². The summed E-state index contributed by atoms with van der Waals surface area (Å²) in [6.45, 7) is 0. The van der Waals surface area contributed by atoms with Crippen molar-refractivity contribution in [3.63, 3.8) is 0 Å². The van der Waals surface area contributed by atoms with Gasteiger partial charge in [-0.3, -0.25) is 28.0 Å². The Bertz CT molecular complexity index is 2990. The zero-order valence-corrected chi connectivity index (χ0v) is 27.2. The Morgan fingerprint density at radius 1 is 0.500 bits per heavy atom. The molecule has 0 unspecified atom stereocenters. The largest absolute Gasteiger partial charge is 0.426 e. The van der Waals surface area contributed by atoms with Crippen molar-refractivity contribution in [3.8, 4) is 11.5 Å². The third-order valence-corrected chi connectivity index (χ3v) is 9.59. The molecule has 4 aromatic heterocycles. The number of fused-ring (bicyclic) bond motifs is 8. The van der Waals surface area contributed by atoms with Crippen LogP contribution >= 0.6 is 0 Å². The van der Waals surface area contributed by atoms with Crippen LogP contribution in [0.25, 0.3) is 65.7 Å². The van der Waals surface area contributed by atoms with Crippen molar-refractivity contribution in [1.82, 2.24) is 18.8 Å². The van der Waals surface area contributed by atoms with Gasteiger partial charge in [0, 0.05) is 32.3 Å². The van der Waals surface area contributed by atoms with E-state index in [0.717, 1.165) is 0 Å². The lowest BCUT2D eigenvalue weighted by atomic mass is 9.96. The lowest BCUT2D eigenvalue weighted by Crippen LogP contribution is -2.16. The number of benzene rings is 6. The van der Waals surface area contributed by atoms with Crippen molar-refractivity contribution >= 4 is 77.6 Å². The molecule has 0 atom stereocenters. The first-order valence-electron chi connectivity index (χ1n) is 16.7. The first kappa shape index (κ1) is 29.7. The van der Waals surface area contributed by atoms with Crippen molar-refractivity contribution in [2.45, 2.75) is 12.8 Å². The van der Waals surface area contributed by atoms with E-state index in [0.29, 0.717) is 88.3 Å². The monoisotopic (exact) mass is 680 g/mol. The molecule has 10 heteroatoms. The van der Waals surface area contributed by atoms with Crippen molar-refractivity contribution in [3.05, 3.63) is 153 Å². The Kier molecular flexibility index (Phi) is 6.37. The van der Waals surface area contributed by atoms with Gasteiger partial charge in [-0.2, -0.15) is 0 Å². The maximum atomic E-state index is 14.3. The molecule has 0 N–H and O–H groups in total. The van der Waals surface area contributed by atoms with E-state index >= 15 is 0 Å². The number of carbonyl (C=O) groups is 2. The smallest absolute Gasteiger partial charge is 0.315 e. The first-order valence-corrected chi connectivity index (χ1v) is 16.7. The molecule has 0 amide bonds. The highest BCUT2D eigenvalue weighted by Crippen LogP contribution is 2.37. The Morgan fingerprint density at radius 3 is 1.33 bits per heavy atom. The van der Waals surface area contributed by atoms with Crippen LogP contribution in [-0.4, -0.2) is 30.7 Å². The zero-order valence-electron chi connectivity index (χ0n) is 27.2. The number of rotatable bonds is 6. The maximum Gasteiger partial charge on any atom is 0.315 e. The standard InChI is InChI=1S/C42H24N4O6/c47-35(51-25-7-3-1-4-8-25)21-23-11-17-31-33(19-23)45-39(43-31)27-13-16-30-38-28(14-15-29(37(27)38)41(45)49)40-44-32-18-12-24(20-34(32)46(40)42(30)50)22-36(48)52-26-9-5-2-6-10-26/h1-20H,21-22H2. The van der Waals surface area contributed by atoms with E-state index < -0.39 is 11.9 Å². The number of carbonyl (C=O) groups excluding carboxylic acids is 2. The van der Waals surface area contributed by atoms with Crippen LogP contribution in [-0.2, 0) is 22.4 Å². The minimum atomic E-state index is -0.419. The molecule has 0 aliphatic heterocycles. The summed E-state index contributed by atoms with van der Waals surface area (Å²) in [5.41, 5.74) is 4.06. The zero-order chi connectivity index (χ0) is 35.1. The molecule has 0 spiro atoms. The summed E-state index contributed by atoms with van der Waals surface area (Å²) >= 11 is 0. The van der Waals surface area contributed by atoms with E-state index in [1.807, 2.05) is 24.3 Å². The number of nitrogens with zero attached hydrogens (tertiary/aromatic N) is 4. The normalized spacial score (nSPS) is 11.9. The van der Waals surface area contributed by atoms with Gasteiger partial charge in [0.05, 0.1) is 34.9 Å². The molecule has 0 bridgehead atoms. The summed E-state index contributed by atoms with van der Waals surface area (Å²) in [6.07, 6.45) is 0.0294. The lowest BCUT2D eigenvalue weighted by Gasteiger charge is -2.12. The number of pyridine rings is 2. The van der Waals surface area contributed by atoms with E-state index in [9.17, 15) is 19.2 Å². The molecule has 52 heavy (non-hydrogen) atoms. The molecule has 248 valence electrons. The average molecular weight is 681 g/mol. The highest BCUT2D eigenvalue weighted by Gasteiger charge is 2.23. The van der Waals surface area contributed by atoms with Crippen LogP contribution in [0, 0.1) is 0 Å². The van der Waals surface area contributed by atoms with Gasteiger partial charge in [-0.15, -0.1) is 0 Å². The van der Waals surface area contributed by atoms with Crippen LogP contribution < -0.4 is 20.6 Å². The summed E-state index contributed by atoms with van der Waals surface area (Å²) in [5.74, 6) is 0.0822. The molecule has 0 saturated heterocycles. The minimum absolute atomic E-state index is 0.0147. The van der Waals surface area contributed by atoms with Crippen molar-refractivity contribution < 1.29 is 19.1 Å². The minimum Gasteiger partial charge on any atom is -0.426 e. The molecule has 10 rings (SSSR count). The van der Waals surface area contributed by atoms with Gasteiger partial charge in [-0.25, -0.2) is 9.97 Å². The fraction of sp³-hybridized carbons (Fsp3) is 0.0476. The van der Waals surface area contributed by atoms with E-state index in [2.05, 4.69) is 0 Å². The molecule has 0 fully saturated rings. The SMILES string of the molecule is O=C(Cc1ccc2nc3c4ccc5c(=O)n6c7cc(CC(=O)Oc8ccccc8)ccc7nc6c6ccc(c(=O)n3c2c1)c4c56)Oc1ccccc1. The van der Waals surface area contributed by atoms with Gasteiger partial charge in [-0.1, -0.05) is 48.5 Å². The Balaban J connectivity index is 1.10. The Hall–Kier alpha value is -7.20. The second-order valence-electron chi connectivity index (χ2n) is 12.8. The summed E-state index contributed by atoms with van der Waals surface area (Å²) in [6, 6.07) is 35.7. The number of hydrogen-bond donors (Lipinski definition) is 0. The number of esters is 2. The van der Waals surface area contributed by atoms with Gasteiger partial charge >= 0.3 is 11.9 Å². The summed E-state index contributed by atoms with van der Waals surface area (Å²) in [4.78, 5) is 63.7. The van der Waals surface area contributed by atoms with E-state index in [-0.39, 0.29) is 24.0 Å². The third kappa shape index (κ3) is 4.51. The van der Waals surface area contributed by atoms with Gasteiger partial charge in [0.2, 0.25) is 0 Å². The predicted octanol–water partition coefficient (Wildman–Crippen LogP) is 6.64. The lowest BCUT2D eigenvalue weighted by molar-refractivity contribution is -0.134. The molecule has 10 aromatic rings. The molecular weight excluding hydrogens is 656 g/mol. The molecule has 10 nitrogen and oxygen atoms in total. The van der Waals surface area contributed by atoms with Crippen molar-refractivity contribution in [2.24, 2.45) is 0 Å². The fourth-order valence-corrected chi connectivity index (χ4v) is 7.35. The quantitative estimate of drug-likeness (QED) is 0.109. The molecule has 0 aliphatic carbocycles. The molecule has 0 saturated carbocycles. The molecule has 4 heterocycles. The summed E-state index contributed by atoms with van der Waals surface area (Å²) < 4.78 is 14.1. The molecule has 0 aliphatic rings. The second kappa shape index (κ2) is 11.2. The highest BCUT2D eigenvalue weighted by atomic mass is 16.5.